The number of hydrogen-bond donors (Lipinski definition) is 1. The van der Waals surface area contributed by atoms with Crippen LogP contribution in [-0.2, 0) is 30.6 Å². The highest BCUT2D eigenvalue weighted by molar-refractivity contribution is 7.92. The summed E-state index contributed by atoms with van der Waals surface area (Å²) in [5.41, 5.74) is 0.0172. The molecule has 0 aliphatic heterocycles. The molecule has 0 saturated heterocycles. The number of carbonyl (C=O) groups excluding carboxylic acids is 1. The molecule has 26 heavy (non-hydrogen) atoms. The molecule has 1 atom stereocenters. The number of benzene rings is 1. The third-order valence-electron chi connectivity index (χ3n) is 4.10. The van der Waals surface area contributed by atoms with Crippen LogP contribution in [0.2, 0.25) is 0 Å². The Bertz CT molecular complexity index is 729. The molecule has 0 aromatic heterocycles. The van der Waals surface area contributed by atoms with Crippen molar-refractivity contribution in [3.05, 3.63) is 35.9 Å². The topological polar surface area (TPSA) is 97.7 Å². The summed E-state index contributed by atoms with van der Waals surface area (Å²) < 4.78 is 29.3. The summed E-state index contributed by atoms with van der Waals surface area (Å²) >= 11 is 0. The van der Waals surface area contributed by atoms with Crippen molar-refractivity contribution in [2.24, 2.45) is 11.3 Å². The Morgan fingerprint density at radius 3 is 2.08 bits per heavy atom. The van der Waals surface area contributed by atoms with Crippen LogP contribution in [0.15, 0.2) is 30.3 Å². The predicted octanol–water partition coefficient (Wildman–Crippen LogP) is 2.71. The summed E-state index contributed by atoms with van der Waals surface area (Å²) in [6.45, 7) is 7.61. The number of carbonyl (C=O) groups is 2. The molecule has 0 bridgehead atoms. The molecule has 0 radical (unpaired) electrons. The van der Waals surface area contributed by atoms with E-state index in [1.165, 1.54) is 13.8 Å². The van der Waals surface area contributed by atoms with E-state index in [0.717, 1.165) is 5.56 Å². The number of ether oxygens (including phenoxy) is 1. The van der Waals surface area contributed by atoms with Gasteiger partial charge in [-0.25, -0.2) is 8.42 Å². The lowest BCUT2D eigenvalue weighted by Crippen LogP contribution is -2.43. The second kappa shape index (κ2) is 8.20. The zero-order chi connectivity index (χ0) is 20.2. The van der Waals surface area contributed by atoms with Crippen molar-refractivity contribution in [3.8, 4) is 0 Å². The summed E-state index contributed by atoms with van der Waals surface area (Å²) in [6, 6.07) is 8.89. The van der Waals surface area contributed by atoms with Crippen molar-refractivity contribution in [2.75, 3.05) is 12.4 Å². The molecule has 0 amide bonds. The summed E-state index contributed by atoms with van der Waals surface area (Å²) in [5.74, 6) is -3.25. The minimum atomic E-state index is -3.82. The van der Waals surface area contributed by atoms with Gasteiger partial charge in [-0.3, -0.25) is 9.59 Å². The predicted molar refractivity (Wildman–Crippen MR) is 99.6 cm³/mol. The van der Waals surface area contributed by atoms with Gasteiger partial charge in [0.15, 0.2) is 9.84 Å². The van der Waals surface area contributed by atoms with Crippen LogP contribution in [0.25, 0.3) is 0 Å². The lowest BCUT2D eigenvalue weighted by Gasteiger charge is -2.27. The molecule has 1 aromatic carbocycles. The van der Waals surface area contributed by atoms with Crippen LogP contribution >= 0.6 is 0 Å². The number of rotatable bonds is 8. The van der Waals surface area contributed by atoms with Crippen LogP contribution in [0.5, 0.6) is 0 Å². The number of carboxylic acid groups (broad SMARTS) is 1. The molecule has 1 unspecified atom stereocenters. The minimum absolute atomic E-state index is 0.118. The fraction of sp³-hybridized carbons (Fsp3) is 0.579. The Kier molecular flexibility index (Phi) is 6.99. The SMILES string of the molecule is CC(C)(C)C(=O)OCC(C)(C)S(=O)(=O)CC(Cc1ccccc1)C(=O)O. The molecule has 0 saturated carbocycles. The number of hydrogen-bond acceptors (Lipinski definition) is 5. The van der Waals surface area contributed by atoms with Gasteiger partial charge in [-0.1, -0.05) is 30.3 Å². The van der Waals surface area contributed by atoms with E-state index in [1.807, 2.05) is 6.07 Å². The fourth-order valence-electron chi connectivity index (χ4n) is 2.15. The van der Waals surface area contributed by atoms with Gasteiger partial charge in [0.1, 0.15) is 11.4 Å². The summed E-state index contributed by atoms with van der Waals surface area (Å²) in [6.07, 6.45) is 0.118. The summed E-state index contributed by atoms with van der Waals surface area (Å²) in [7, 11) is -3.82. The van der Waals surface area contributed by atoms with Gasteiger partial charge < -0.3 is 9.84 Å². The molecule has 0 heterocycles. The summed E-state index contributed by atoms with van der Waals surface area (Å²) in [4.78, 5) is 23.5. The van der Waals surface area contributed by atoms with E-state index < -0.39 is 43.6 Å². The maximum atomic E-state index is 12.8. The third-order valence-corrected chi connectivity index (χ3v) is 6.74. The molecule has 6 nitrogen and oxygen atoms in total. The molecule has 1 aromatic rings. The monoisotopic (exact) mass is 384 g/mol. The second-order valence-corrected chi connectivity index (χ2v) is 10.8. The smallest absolute Gasteiger partial charge is 0.311 e. The number of esters is 1. The zero-order valence-corrected chi connectivity index (χ0v) is 16.8. The van der Waals surface area contributed by atoms with Crippen molar-refractivity contribution in [1.29, 1.82) is 0 Å². The molecular formula is C19H28O6S. The van der Waals surface area contributed by atoms with E-state index >= 15 is 0 Å². The quantitative estimate of drug-likeness (QED) is 0.692. The van der Waals surface area contributed by atoms with Crippen molar-refractivity contribution in [2.45, 2.75) is 45.8 Å². The van der Waals surface area contributed by atoms with E-state index in [0.29, 0.717) is 0 Å². The van der Waals surface area contributed by atoms with Gasteiger partial charge >= 0.3 is 11.9 Å². The standard InChI is InChI=1S/C19H28O6S/c1-18(2,3)17(22)25-13-19(4,5)26(23,24)12-15(16(20)21)11-14-9-7-6-8-10-14/h6-10,15H,11-13H2,1-5H3,(H,20,21). The lowest BCUT2D eigenvalue weighted by molar-refractivity contribution is -0.153. The third kappa shape index (κ3) is 6.12. The fourth-order valence-corrected chi connectivity index (χ4v) is 3.63. The van der Waals surface area contributed by atoms with Gasteiger partial charge in [0.2, 0.25) is 0 Å². The van der Waals surface area contributed by atoms with Crippen LogP contribution in [0.4, 0.5) is 0 Å². The van der Waals surface area contributed by atoms with Crippen LogP contribution in [0.1, 0.15) is 40.2 Å². The summed E-state index contributed by atoms with van der Waals surface area (Å²) in [5, 5.41) is 9.44. The Balaban J connectivity index is 2.88. The van der Waals surface area contributed by atoms with Gasteiger partial charge in [0.25, 0.3) is 0 Å². The Hall–Kier alpha value is -1.89. The molecular weight excluding hydrogens is 356 g/mol. The molecule has 7 heteroatoms. The first-order chi connectivity index (χ1) is 11.8. The number of sulfone groups is 1. The van der Waals surface area contributed by atoms with Crippen LogP contribution in [0, 0.1) is 11.3 Å². The first-order valence-electron chi connectivity index (χ1n) is 8.42. The van der Waals surface area contributed by atoms with E-state index in [2.05, 4.69) is 0 Å². The molecule has 0 fully saturated rings. The highest BCUT2D eigenvalue weighted by atomic mass is 32.2. The molecule has 1 N–H and O–H groups in total. The molecule has 1 rings (SSSR count). The van der Waals surface area contributed by atoms with Crippen molar-refractivity contribution in [3.63, 3.8) is 0 Å². The Morgan fingerprint density at radius 2 is 1.62 bits per heavy atom. The minimum Gasteiger partial charge on any atom is -0.481 e. The van der Waals surface area contributed by atoms with Gasteiger partial charge in [-0.05, 0) is 46.6 Å². The largest absolute Gasteiger partial charge is 0.481 e. The molecule has 146 valence electrons. The van der Waals surface area contributed by atoms with Gasteiger partial charge in [-0.2, -0.15) is 0 Å². The van der Waals surface area contributed by atoms with E-state index in [9.17, 15) is 23.1 Å². The maximum Gasteiger partial charge on any atom is 0.311 e. The normalized spacial score (nSPS) is 13.9. The first-order valence-corrected chi connectivity index (χ1v) is 10.1. The van der Waals surface area contributed by atoms with Crippen LogP contribution < -0.4 is 0 Å². The zero-order valence-electron chi connectivity index (χ0n) is 16.0. The number of carboxylic acids is 1. The molecule has 0 aliphatic rings. The second-order valence-electron chi connectivity index (χ2n) is 8.09. The van der Waals surface area contributed by atoms with Gasteiger partial charge in [-0.15, -0.1) is 0 Å². The van der Waals surface area contributed by atoms with Crippen LogP contribution in [0.3, 0.4) is 0 Å². The highest BCUT2D eigenvalue weighted by Crippen LogP contribution is 2.24. The van der Waals surface area contributed by atoms with Gasteiger partial charge in [0, 0.05) is 0 Å². The highest BCUT2D eigenvalue weighted by Gasteiger charge is 2.40. The average Bonchev–Trinajstić information content (AvgIpc) is 2.51. The van der Waals surface area contributed by atoms with Crippen molar-refractivity contribution >= 4 is 21.8 Å². The van der Waals surface area contributed by atoms with Crippen molar-refractivity contribution in [1.82, 2.24) is 0 Å². The Morgan fingerprint density at radius 1 is 1.08 bits per heavy atom. The van der Waals surface area contributed by atoms with E-state index in [1.54, 1.807) is 45.0 Å². The Labute approximate surface area is 155 Å². The number of aliphatic carboxylic acids is 1. The lowest BCUT2D eigenvalue weighted by atomic mass is 9.97. The first kappa shape index (κ1) is 22.2. The average molecular weight is 384 g/mol. The molecule has 0 spiro atoms. The van der Waals surface area contributed by atoms with Crippen LogP contribution in [-0.4, -0.2) is 42.6 Å². The van der Waals surface area contributed by atoms with E-state index in [-0.39, 0.29) is 13.0 Å². The van der Waals surface area contributed by atoms with Gasteiger partial charge in [0.05, 0.1) is 17.1 Å². The van der Waals surface area contributed by atoms with Crippen molar-refractivity contribution < 1.29 is 27.9 Å². The molecule has 0 aliphatic carbocycles. The maximum absolute atomic E-state index is 12.8. The van der Waals surface area contributed by atoms with E-state index in [4.69, 9.17) is 4.74 Å².